The lowest BCUT2D eigenvalue weighted by Gasteiger charge is -2.13. The molecule has 0 aliphatic carbocycles. The standard InChI is InChI=1S/C5H13BO2/c1-4(8)5(2-6)3-7/h4-5,7-8H,2-3,6H2,1H3/t4-,5+/m1/s1. The van der Waals surface area contributed by atoms with E-state index < -0.39 is 0 Å². The molecule has 0 aromatic rings. The Labute approximate surface area is 50.9 Å². The van der Waals surface area contributed by atoms with Gasteiger partial charge in [0, 0.05) is 12.5 Å². The molecule has 0 heterocycles. The van der Waals surface area contributed by atoms with Gasteiger partial charge in [-0.1, -0.05) is 6.32 Å². The molecule has 2 atom stereocenters. The molecule has 0 spiro atoms. The molecule has 0 saturated heterocycles. The van der Waals surface area contributed by atoms with Crippen LogP contribution < -0.4 is 0 Å². The van der Waals surface area contributed by atoms with Gasteiger partial charge in [-0.15, -0.1) is 0 Å². The SMILES string of the molecule is BC[C@@H](CO)[C@@H](C)O. The molecule has 0 amide bonds. The molecule has 2 N–H and O–H groups in total. The normalized spacial score (nSPS) is 17.9. The van der Waals surface area contributed by atoms with Crippen LogP contribution in [-0.4, -0.2) is 30.8 Å². The quantitative estimate of drug-likeness (QED) is 0.465. The predicted octanol–water partition coefficient (Wildman–Crippen LogP) is -0.973. The number of hydrogen-bond donors (Lipinski definition) is 2. The van der Waals surface area contributed by atoms with Crippen LogP contribution in [0.1, 0.15) is 6.92 Å². The minimum absolute atomic E-state index is 0.0648. The maximum absolute atomic E-state index is 8.85. The minimum Gasteiger partial charge on any atom is -0.396 e. The lowest BCUT2D eigenvalue weighted by atomic mass is 9.88. The van der Waals surface area contributed by atoms with E-state index in [0.29, 0.717) is 0 Å². The van der Waals surface area contributed by atoms with Gasteiger partial charge < -0.3 is 10.2 Å². The summed E-state index contributed by atoms with van der Waals surface area (Å²) in [7, 11) is 1.95. The molecule has 0 aromatic heterocycles. The van der Waals surface area contributed by atoms with Crippen molar-refractivity contribution in [2.45, 2.75) is 19.3 Å². The van der Waals surface area contributed by atoms with Gasteiger partial charge in [0.05, 0.1) is 6.10 Å². The van der Waals surface area contributed by atoms with Gasteiger partial charge in [-0.05, 0) is 6.92 Å². The Morgan fingerprint density at radius 2 is 2.12 bits per heavy atom. The van der Waals surface area contributed by atoms with E-state index in [0.717, 1.165) is 6.32 Å². The Kier molecular flexibility index (Phi) is 3.92. The summed E-state index contributed by atoms with van der Waals surface area (Å²) in [5.41, 5.74) is 0. The molecule has 3 heteroatoms. The molecule has 0 saturated carbocycles. The fourth-order valence-electron chi connectivity index (χ4n) is 0.623. The molecule has 0 aliphatic rings. The average molecular weight is 116 g/mol. The molecule has 0 unspecified atom stereocenters. The van der Waals surface area contributed by atoms with Crippen molar-refractivity contribution in [2.75, 3.05) is 6.61 Å². The monoisotopic (exact) mass is 116 g/mol. The highest BCUT2D eigenvalue weighted by molar-refractivity contribution is 6.08. The van der Waals surface area contributed by atoms with Crippen LogP contribution in [0.4, 0.5) is 0 Å². The summed E-state index contributed by atoms with van der Waals surface area (Å²) < 4.78 is 0. The van der Waals surface area contributed by atoms with Gasteiger partial charge in [0.1, 0.15) is 7.85 Å². The van der Waals surface area contributed by atoms with Crippen molar-refractivity contribution in [1.82, 2.24) is 0 Å². The Balaban J connectivity index is 3.35. The third-order valence-corrected chi connectivity index (χ3v) is 1.44. The summed E-state index contributed by atoms with van der Waals surface area (Å²) in [6, 6.07) is 0. The highest BCUT2D eigenvalue weighted by Gasteiger charge is 2.09. The van der Waals surface area contributed by atoms with Crippen molar-refractivity contribution < 1.29 is 10.2 Å². The first-order valence-electron chi connectivity index (χ1n) is 3.01. The molecule has 0 aliphatic heterocycles. The zero-order chi connectivity index (χ0) is 6.57. The van der Waals surface area contributed by atoms with Crippen molar-refractivity contribution in [2.24, 2.45) is 5.92 Å². The minimum atomic E-state index is -0.370. The fourth-order valence-corrected chi connectivity index (χ4v) is 0.623. The number of hydrogen-bond acceptors (Lipinski definition) is 2. The van der Waals surface area contributed by atoms with Gasteiger partial charge in [0.25, 0.3) is 0 Å². The van der Waals surface area contributed by atoms with E-state index in [1.54, 1.807) is 6.92 Å². The zero-order valence-corrected chi connectivity index (χ0v) is 5.46. The molecule has 0 radical (unpaired) electrons. The van der Waals surface area contributed by atoms with Crippen molar-refractivity contribution in [3.8, 4) is 0 Å². The average Bonchev–Trinajstić information content (AvgIpc) is 1.69. The van der Waals surface area contributed by atoms with E-state index in [4.69, 9.17) is 10.2 Å². The summed E-state index contributed by atoms with van der Waals surface area (Å²) in [6.45, 7) is 1.79. The van der Waals surface area contributed by atoms with Crippen LogP contribution in [0.15, 0.2) is 0 Å². The van der Waals surface area contributed by atoms with Crippen LogP contribution in [0, 0.1) is 5.92 Å². The second-order valence-corrected chi connectivity index (χ2v) is 2.09. The molecule has 0 rings (SSSR count). The van der Waals surface area contributed by atoms with Crippen LogP contribution >= 0.6 is 0 Å². The van der Waals surface area contributed by atoms with Crippen LogP contribution in [0.5, 0.6) is 0 Å². The predicted molar refractivity (Wildman–Crippen MR) is 35.6 cm³/mol. The lowest BCUT2D eigenvalue weighted by molar-refractivity contribution is 0.0917. The summed E-state index contributed by atoms with van der Waals surface area (Å²) in [4.78, 5) is 0. The van der Waals surface area contributed by atoms with E-state index in [1.807, 2.05) is 7.85 Å². The van der Waals surface area contributed by atoms with E-state index in [-0.39, 0.29) is 18.6 Å². The van der Waals surface area contributed by atoms with E-state index >= 15 is 0 Å². The largest absolute Gasteiger partial charge is 0.396 e. The lowest BCUT2D eigenvalue weighted by Crippen LogP contribution is -2.19. The number of aliphatic hydroxyl groups excluding tert-OH is 2. The van der Waals surface area contributed by atoms with Gasteiger partial charge >= 0.3 is 0 Å². The first-order valence-corrected chi connectivity index (χ1v) is 3.01. The molecule has 0 bridgehead atoms. The van der Waals surface area contributed by atoms with Crippen LogP contribution in [-0.2, 0) is 0 Å². The maximum atomic E-state index is 8.85. The Morgan fingerprint density at radius 1 is 1.62 bits per heavy atom. The van der Waals surface area contributed by atoms with E-state index in [2.05, 4.69) is 0 Å². The maximum Gasteiger partial charge on any atom is 0.101 e. The van der Waals surface area contributed by atoms with Gasteiger partial charge in [0.15, 0.2) is 0 Å². The summed E-state index contributed by atoms with van der Waals surface area (Å²) >= 11 is 0. The topological polar surface area (TPSA) is 40.5 Å². The van der Waals surface area contributed by atoms with Crippen LogP contribution in [0.2, 0.25) is 6.32 Å². The van der Waals surface area contributed by atoms with Crippen molar-refractivity contribution >= 4 is 7.85 Å². The molecule has 2 nitrogen and oxygen atoms in total. The molecule has 8 heavy (non-hydrogen) atoms. The Morgan fingerprint density at radius 3 is 2.12 bits per heavy atom. The smallest absolute Gasteiger partial charge is 0.101 e. The highest BCUT2D eigenvalue weighted by Crippen LogP contribution is 2.04. The Hall–Kier alpha value is -0.0151. The first-order chi connectivity index (χ1) is 3.72. The number of aliphatic hydroxyl groups is 2. The zero-order valence-electron chi connectivity index (χ0n) is 5.46. The molecular formula is C5H13BO2. The van der Waals surface area contributed by atoms with Gasteiger partial charge in [-0.3, -0.25) is 0 Å². The molecule has 48 valence electrons. The summed E-state index contributed by atoms with van der Waals surface area (Å²) in [5.74, 6) is 0.0648. The van der Waals surface area contributed by atoms with Crippen molar-refractivity contribution in [1.29, 1.82) is 0 Å². The Bertz CT molecular complexity index is 52.4. The summed E-state index contributed by atoms with van der Waals surface area (Å²) in [6.07, 6.45) is 0.471. The van der Waals surface area contributed by atoms with Crippen LogP contribution in [0.3, 0.4) is 0 Å². The second kappa shape index (κ2) is 3.92. The summed E-state index contributed by atoms with van der Waals surface area (Å²) in [5, 5.41) is 17.4. The second-order valence-electron chi connectivity index (χ2n) is 2.09. The van der Waals surface area contributed by atoms with Crippen LogP contribution in [0.25, 0.3) is 0 Å². The number of rotatable bonds is 3. The van der Waals surface area contributed by atoms with E-state index in [9.17, 15) is 0 Å². The first kappa shape index (κ1) is 7.98. The molecule has 0 aromatic carbocycles. The van der Waals surface area contributed by atoms with Crippen molar-refractivity contribution in [3.05, 3.63) is 0 Å². The van der Waals surface area contributed by atoms with Gasteiger partial charge in [-0.25, -0.2) is 0 Å². The molecular weight excluding hydrogens is 103 g/mol. The van der Waals surface area contributed by atoms with Gasteiger partial charge in [-0.2, -0.15) is 0 Å². The fraction of sp³-hybridized carbons (Fsp3) is 1.00. The third-order valence-electron chi connectivity index (χ3n) is 1.44. The van der Waals surface area contributed by atoms with E-state index in [1.165, 1.54) is 0 Å². The highest BCUT2D eigenvalue weighted by atomic mass is 16.3. The van der Waals surface area contributed by atoms with Gasteiger partial charge in [0.2, 0.25) is 0 Å². The van der Waals surface area contributed by atoms with Crippen molar-refractivity contribution in [3.63, 3.8) is 0 Å². The molecule has 0 fully saturated rings. The third kappa shape index (κ3) is 2.33.